The quantitative estimate of drug-likeness (QED) is 0.469. The van der Waals surface area contributed by atoms with Crippen LogP contribution in [-0.4, -0.2) is 48.9 Å². The van der Waals surface area contributed by atoms with Gasteiger partial charge in [0.25, 0.3) is 0 Å². The summed E-state index contributed by atoms with van der Waals surface area (Å²) in [6.45, 7) is 0. The molecule has 0 aliphatic carbocycles. The van der Waals surface area contributed by atoms with Gasteiger partial charge in [0.05, 0.1) is 0 Å². The third kappa shape index (κ3) is 3.86. The van der Waals surface area contributed by atoms with Gasteiger partial charge in [-0.05, 0) is 23.8 Å². The number of hydrogen-bond donors (Lipinski definition) is 0. The summed E-state index contributed by atoms with van der Waals surface area (Å²) in [4.78, 5) is 0. The van der Waals surface area contributed by atoms with Crippen molar-refractivity contribution in [3.63, 3.8) is 0 Å². The molecule has 0 unspecified atom stereocenters. The zero-order valence-electron chi connectivity index (χ0n) is 11.3. The van der Waals surface area contributed by atoms with Crippen molar-refractivity contribution in [2.24, 2.45) is 0 Å². The minimum Gasteiger partial charge on any atom is -0.0622 e. The molecule has 0 aromatic heterocycles. The zero-order valence-corrected chi connectivity index (χ0v) is 16.6. The fourth-order valence-corrected chi connectivity index (χ4v) is 4.48. The van der Waals surface area contributed by atoms with Gasteiger partial charge in [0, 0.05) is 0 Å². The van der Waals surface area contributed by atoms with Crippen molar-refractivity contribution in [3.05, 3.63) is 91.0 Å². The molecule has 3 aromatic rings. The van der Waals surface area contributed by atoms with E-state index in [1.54, 1.807) is 0 Å². The molecule has 0 fully saturated rings. The number of hydrogen-bond acceptors (Lipinski definition) is 0. The Morgan fingerprint density at radius 2 is 0.650 bits per heavy atom. The van der Waals surface area contributed by atoms with Crippen molar-refractivity contribution in [1.82, 2.24) is 0 Å². The summed E-state index contributed by atoms with van der Waals surface area (Å²) < 4.78 is 0. The average molecular weight is 400 g/mol. The third-order valence-electron chi connectivity index (χ3n) is 3.04. The first kappa shape index (κ1) is 16.0. The van der Waals surface area contributed by atoms with Crippen LogP contribution in [-0.2, 0) is 0 Å². The first-order valence-electron chi connectivity index (χ1n) is 6.40. The second kappa shape index (κ2) is 8.19. The van der Waals surface area contributed by atoms with E-state index >= 15 is 0 Å². The second-order valence-electron chi connectivity index (χ2n) is 4.34. The maximum absolute atomic E-state index is 2.23. The van der Waals surface area contributed by atoms with E-state index in [-0.39, 0.29) is 48.9 Å². The third-order valence-corrected chi connectivity index (χ3v) is 5.49. The van der Waals surface area contributed by atoms with E-state index in [0.29, 0.717) is 0 Å². The number of rotatable bonds is 3. The standard InChI is InChI=1S/C18H15P.Ba/c1-4-10-16(11-5-1)19(17-12-6-2-7-13-17)18-14-8-3-9-15-18;/h1-15H;/q;+2. The van der Waals surface area contributed by atoms with Crippen LogP contribution in [0.4, 0.5) is 0 Å². The predicted octanol–water partition coefficient (Wildman–Crippen LogP) is 3.06. The van der Waals surface area contributed by atoms with Gasteiger partial charge in [-0.3, -0.25) is 0 Å². The summed E-state index contributed by atoms with van der Waals surface area (Å²) in [5, 5.41) is 4.19. The fourth-order valence-electron chi connectivity index (χ4n) is 2.18. The molecule has 92 valence electrons. The SMILES string of the molecule is [Ba+2].c1ccc(P(c2ccccc2)c2ccccc2)cc1. The Bertz CT molecular complexity index is 529. The first-order chi connectivity index (χ1) is 9.45. The molecule has 0 saturated heterocycles. The molecule has 0 amide bonds. The molecular formula is C18H15BaP+2. The molecule has 0 bridgehead atoms. The topological polar surface area (TPSA) is 0 Å². The van der Waals surface area contributed by atoms with E-state index in [9.17, 15) is 0 Å². The minimum absolute atomic E-state index is 0. The molecule has 0 spiro atoms. The van der Waals surface area contributed by atoms with Crippen LogP contribution in [0, 0.1) is 0 Å². The van der Waals surface area contributed by atoms with Crippen molar-refractivity contribution < 1.29 is 0 Å². The molecule has 0 nitrogen and oxygen atoms in total. The van der Waals surface area contributed by atoms with E-state index in [1.165, 1.54) is 15.9 Å². The monoisotopic (exact) mass is 400 g/mol. The minimum atomic E-state index is -0.446. The Hall–Kier alpha value is -0.339. The van der Waals surface area contributed by atoms with Crippen LogP contribution in [0.25, 0.3) is 0 Å². The molecule has 0 saturated carbocycles. The molecule has 2 heteroatoms. The second-order valence-corrected chi connectivity index (χ2v) is 6.56. The van der Waals surface area contributed by atoms with Crippen LogP contribution in [0.15, 0.2) is 91.0 Å². The van der Waals surface area contributed by atoms with Gasteiger partial charge in [-0.25, -0.2) is 0 Å². The summed E-state index contributed by atoms with van der Waals surface area (Å²) >= 11 is 0. The van der Waals surface area contributed by atoms with Crippen LogP contribution in [0.3, 0.4) is 0 Å². The van der Waals surface area contributed by atoms with Gasteiger partial charge in [-0.2, -0.15) is 0 Å². The Labute approximate surface area is 162 Å². The van der Waals surface area contributed by atoms with Crippen LogP contribution in [0.1, 0.15) is 0 Å². The summed E-state index contributed by atoms with van der Waals surface area (Å²) in [5.41, 5.74) is 0. The molecule has 0 aliphatic rings. The molecule has 20 heavy (non-hydrogen) atoms. The van der Waals surface area contributed by atoms with Crippen LogP contribution >= 0.6 is 7.92 Å². The predicted molar refractivity (Wildman–Crippen MR) is 90.9 cm³/mol. The average Bonchev–Trinajstić information content (AvgIpc) is 2.51. The van der Waals surface area contributed by atoms with Crippen LogP contribution in [0.2, 0.25) is 0 Å². The molecule has 0 N–H and O–H groups in total. The zero-order chi connectivity index (χ0) is 12.9. The molecule has 0 heterocycles. The Morgan fingerprint density at radius 1 is 0.400 bits per heavy atom. The van der Waals surface area contributed by atoms with Gasteiger partial charge >= 0.3 is 48.9 Å². The van der Waals surface area contributed by atoms with Gasteiger partial charge in [0.1, 0.15) is 0 Å². The van der Waals surface area contributed by atoms with Crippen molar-refractivity contribution in [3.8, 4) is 0 Å². The fraction of sp³-hybridized carbons (Fsp3) is 0. The number of benzene rings is 3. The molecule has 0 radical (unpaired) electrons. The molecule has 3 aromatic carbocycles. The van der Waals surface area contributed by atoms with E-state index in [0.717, 1.165) is 0 Å². The summed E-state index contributed by atoms with van der Waals surface area (Å²) in [6.07, 6.45) is 0. The summed E-state index contributed by atoms with van der Waals surface area (Å²) in [6, 6.07) is 32.3. The van der Waals surface area contributed by atoms with Crippen molar-refractivity contribution in [2.75, 3.05) is 0 Å². The van der Waals surface area contributed by atoms with Gasteiger partial charge in [-0.15, -0.1) is 0 Å². The molecule has 3 rings (SSSR count). The maximum atomic E-state index is 2.23. The Morgan fingerprint density at radius 3 is 0.900 bits per heavy atom. The van der Waals surface area contributed by atoms with Crippen molar-refractivity contribution in [1.29, 1.82) is 0 Å². The molecule has 0 atom stereocenters. The summed E-state index contributed by atoms with van der Waals surface area (Å²) in [7, 11) is -0.446. The smallest absolute Gasteiger partial charge is 0.0622 e. The van der Waals surface area contributed by atoms with Crippen LogP contribution < -0.4 is 15.9 Å². The van der Waals surface area contributed by atoms with Gasteiger partial charge in [0.2, 0.25) is 0 Å². The normalized spacial score (nSPS) is 10.1. The van der Waals surface area contributed by atoms with Crippen LogP contribution in [0.5, 0.6) is 0 Å². The van der Waals surface area contributed by atoms with Gasteiger partial charge in [-0.1, -0.05) is 91.0 Å². The van der Waals surface area contributed by atoms with Crippen molar-refractivity contribution >= 4 is 72.7 Å². The Kier molecular flexibility index (Phi) is 6.57. The van der Waals surface area contributed by atoms with E-state index in [4.69, 9.17) is 0 Å². The Balaban J connectivity index is 0.00000147. The van der Waals surface area contributed by atoms with Gasteiger partial charge < -0.3 is 0 Å². The van der Waals surface area contributed by atoms with Crippen molar-refractivity contribution in [2.45, 2.75) is 0 Å². The first-order valence-corrected chi connectivity index (χ1v) is 7.74. The maximum Gasteiger partial charge on any atom is 2.00 e. The van der Waals surface area contributed by atoms with E-state index in [2.05, 4.69) is 91.0 Å². The van der Waals surface area contributed by atoms with E-state index < -0.39 is 7.92 Å². The molecule has 0 aliphatic heterocycles. The largest absolute Gasteiger partial charge is 2.00 e. The summed E-state index contributed by atoms with van der Waals surface area (Å²) in [5.74, 6) is 0. The molecular weight excluding hydrogens is 385 g/mol. The van der Waals surface area contributed by atoms with E-state index in [1.807, 2.05) is 0 Å². The van der Waals surface area contributed by atoms with Gasteiger partial charge in [0.15, 0.2) is 0 Å².